The third kappa shape index (κ3) is 6.25. The van der Waals surface area contributed by atoms with Gasteiger partial charge in [0.1, 0.15) is 0 Å². The second-order valence-corrected chi connectivity index (χ2v) is 5.67. The monoisotopic (exact) mass is 299 g/mol. The normalized spacial score (nSPS) is 10.6. The fourth-order valence-corrected chi connectivity index (χ4v) is 2.44. The Morgan fingerprint density at radius 2 is 1.77 bits per heavy atom. The van der Waals surface area contributed by atoms with Gasteiger partial charge in [0.15, 0.2) is 12.7 Å². The molecular formula is C19H27N2O+. The van der Waals surface area contributed by atoms with Gasteiger partial charge >= 0.3 is 0 Å². The Labute approximate surface area is 134 Å². The maximum Gasteiger partial charge on any atom is 0.279 e. The summed E-state index contributed by atoms with van der Waals surface area (Å²) in [7, 11) is 0. The molecule has 0 saturated heterocycles. The van der Waals surface area contributed by atoms with Crippen molar-refractivity contribution >= 4 is 0 Å². The highest BCUT2D eigenvalue weighted by Crippen LogP contribution is 2.07. The van der Waals surface area contributed by atoms with Crippen LogP contribution in [0.15, 0.2) is 48.9 Å². The highest BCUT2D eigenvalue weighted by Gasteiger charge is 2.06. The third-order valence-corrected chi connectivity index (χ3v) is 3.69. The van der Waals surface area contributed by atoms with Crippen LogP contribution in [0.25, 0.3) is 0 Å². The first-order valence-corrected chi connectivity index (χ1v) is 8.40. The van der Waals surface area contributed by atoms with Crippen molar-refractivity contribution in [3.8, 4) is 5.88 Å². The summed E-state index contributed by atoms with van der Waals surface area (Å²) in [6.07, 6.45) is 13.4. The molecule has 0 atom stereocenters. The average molecular weight is 299 g/mol. The van der Waals surface area contributed by atoms with Crippen LogP contribution in [0.3, 0.4) is 0 Å². The van der Waals surface area contributed by atoms with Crippen molar-refractivity contribution in [3.05, 3.63) is 54.5 Å². The molecule has 0 fully saturated rings. The molecule has 0 bridgehead atoms. The molecular weight excluding hydrogens is 272 g/mol. The number of ether oxygens (including phenoxy) is 1. The van der Waals surface area contributed by atoms with Crippen LogP contribution in [-0.4, -0.2) is 11.6 Å². The standard InChI is InChI=1S/C19H27N2O/c1-2-3-4-5-6-10-15-22-19-17-21(14-13-20-19)16-18-11-8-7-9-12-18/h7-9,11-14,17H,2-6,10,15-16H2,1H3/q+1. The summed E-state index contributed by atoms with van der Waals surface area (Å²) < 4.78 is 7.87. The number of hydrogen-bond acceptors (Lipinski definition) is 2. The van der Waals surface area contributed by atoms with E-state index < -0.39 is 0 Å². The molecule has 0 N–H and O–H groups in total. The van der Waals surface area contributed by atoms with E-state index in [1.807, 2.05) is 18.5 Å². The number of benzene rings is 1. The third-order valence-electron chi connectivity index (χ3n) is 3.69. The van der Waals surface area contributed by atoms with Crippen molar-refractivity contribution in [2.75, 3.05) is 6.61 Å². The van der Waals surface area contributed by atoms with Crippen molar-refractivity contribution in [2.45, 2.75) is 52.0 Å². The minimum Gasteiger partial charge on any atom is -0.473 e. The number of unbranched alkanes of at least 4 members (excludes halogenated alkanes) is 5. The maximum atomic E-state index is 5.76. The molecule has 0 saturated carbocycles. The molecule has 118 valence electrons. The van der Waals surface area contributed by atoms with E-state index in [9.17, 15) is 0 Å². The Morgan fingerprint density at radius 3 is 2.59 bits per heavy atom. The van der Waals surface area contributed by atoms with Gasteiger partial charge in [-0.3, -0.25) is 0 Å². The van der Waals surface area contributed by atoms with Gasteiger partial charge in [0, 0.05) is 5.56 Å². The van der Waals surface area contributed by atoms with Gasteiger partial charge in [-0.25, -0.2) is 4.98 Å². The lowest BCUT2D eigenvalue weighted by Gasteiger charge is -2.04. The Balaban J connectivity index is 1.72. The van der Waals surface area contributed by atoms with E-state index in [2.05, 4.69) is 40.7 Å². The SMILES string of the molecule is CCCCCCCCOc1c[n+](Cc2ccccc2)ccn1. The molecule has 3 nitrogen and oxygen atoms in total. The number of aromatic nitrogens is 2. The first kappa shape index (κ1) is 16.5. The van der Waals surface area contributed by atoms with E-state index in [0.717, 1.165) is 19.6 Å². The zero-order valence-electron chi connectivity index (χ0n) is 13.6. The summed E-state index contributed by atoms with van der Waals surface area (Å²) in [5.41, 5.74) is 1.28. The van der Waals surface area contributed by atoms with Gasteiger partial charge in [0.05, 0.1) is 12.8 Å². The molecule has 0 aliphatic heterocycles. The van der Waals surface area contributed by atoms with Crippen LogP contribution in [0.2, 0.25) is 0 Å². The van der Waals surface area contributed by atoms with Gasteiger partial charge in [-0.2, -0.15) is 4.57 Å². The van der Waals surface area contributed by atoms with Crippen LogP contribution >= 0.6 is 0 Å². The summed E-state index contributed by atoms with van der Waals surface area (Å²) in [5, 5.41) is 0. The largest absolute Gasteiger partial charge is 0.473 e. The minimum atomic E-state index is 0.715. The molecule has 0 unspecified atom stereocenters. The average Bonchev–Trinajstić information content (AvgIpc) is 2.55. The van der Waals surface area contributed by atoms with Crippen molar-refractivity contribution in [2.24, 2.45) is 0 Å². The topological polar surface area (TPSA) is 26.0 Å². The van der Waals surface area contributed by atoms with E-state index in [1.54, 1.807) is 6.20 Å². The van der Waals surface area contributed by atoms with E-state index in [1.165, 1.54) is 37.7 Å². The molecule has 0 spiro atoms. The highest BCUT2D eigenvalue weighted by atomic mass is 16.5. The molecule has 2 rings (SSSR count). The lowest BCUT2D eigenvalue weighted by Crippen LogP contribution is -2.33. The van der Waals surface area contributed by atoms with Gasteiger partial charge in [-0.05, 0) is 6.42 Å². The Hall–Kier alpha value is -1.90. The quantitative estimate of drug-likeness (QED) is 0.486. The summed E-state index contributed by atoms with van der Waals surface area (Å²) in [6.45, 7) is 3.85. The van der Waals surface area contributed by atoms with E-state index in [4.69, 9.17) is 4.74 Å². The number of nitrogens with zero attached hydrogens (tertiary/aromatic N) is 2. The van der Waals surface area contributed by atoms with Gasteiger partial charge < -0.3 is 4.74 Å². The summed E-state index contributed by atoms with van der Waals surface area (Å²) in [6, 6.07) is 10.4. The first-order chi connectivity index (χ1) is 10.9. The predicted octanol–water partition coefficient (Wildman–Crippen LogP) is 4.16. The lowest BCUT2D eigenvalue weighted by atomic mass is 10.1. The van der Waals surface area contributed by atoms with Gasteiger partial charge in [-0.1, -0.05) is 69.4 Å². The summed E-state index contributed by atoms with van der Waals surface area (Å²) >= 11 is 0. The maximum absolute atomic E-state index is 5.76. The predicted molar refractivity (Wildman–Crippen MR) is 88.8 cm³/mol. The first-order valence-electron chi connectivity index (χ1n) is 8.40. The second-order valence-electron chi connectivity index (χ2n) is 5.67. The van der Waals surface area contributed by atoms with Crippen LogP contribution in [0.4, 0.5) is 0 Å². The van der Waals surface area contributed by atoms with Crippen molar-refractivity contribution in [1.82, 2.24) is 4.98 Å². The highest BCUT2D eigenvalue weighted by molar-refractivity contribution is 5.13. The smallest absolute Gasteiger partial charge is 0.279 e. The van der Waals surface area contributed by atoms with Crippen LogP contribution in [-0.2, 0) is 6.54 Å². The van der Waals surface area contributed by atoms with Crippen LogP contribution < -0.4 is 9.30 Å². The van der Waals surface area contributed by atoms with Gasteiger partial charge in [-0.15, -0.1) is 0 Å². The molecule has 0 amide bonds. The molecule has 1 aromatic carbocycles. The molecule has 0 radical (unpaired) electrons. The molecule has 2 aromatic rings. The molecule has 3 heteroatoms. The van der Waals surface area contributed by atoms with Gasteiger partial charge in [0.25, 0.3) is 5.88 Å². The summed E-state index contributed by atoms with van der Waals surface area (Å²) in [4.78, 5) is 4.29. The second kappa shape index (κ2) is 9.93. The zero-order chi connectivity index (χ0) is 15.5. The molecule has 0 aliphatic rings. The fourth-order valence-electron chi connectivity index (χ4n) is 2.44. The van der Waals surface area contributed by atoms with E-state index >= 15 is 0 Å². The molecule has 0 aliphatic carbocycles. The molecule has 1 aromatic heterocycles. The Kier molecular flexibility index (Phi) is 7.44. The number of rotatable bonds is 10. The van der Waals surface area contributed by atoms with Crippen molar-refractivity contribution in [1.29, 1.82) is 0 Å². The number of hydrogen-bond donors (Lipinski definition) is 0. The van der Waals surface area contributed by atoms with Crippen molar-refractivity contribution in [3.63, 3.8) is 0 Å². The van der Waals surface area contributed by atoms with E-state index in [-0.39, 0.29) is 0 Å². The van der Waals surface area contributed by atoms with Gasteiger partial charge in [0.2, 0.25) is 6.20 Å². The van der Waals surface area contributed by atoms with Crippen LogP contribution in [0.5, 0.6) is 5.88 Å². The zero-order valence-corrected chi connectivity index (χ0v) is 13.6. The Bertz CT molecular complexity index is 528. The van der Waals surface area contributed by atoms with E-state index in [0.29, 0.717) is 5.88 Å². The van der Waals surface area contributed by atoms with Crippen molar-refractivity contribution < 1.29 is 9.30 Å². The lowest BCUT2D eigenvalue weighted by molar-refractivity contribution is -0.689. The molecule has 22 heavy (non-hydrogen) atoms. The summed E-state index contributed by atoms with van der Waals surface area (Å²) in [5.74, 6) is 0.715. The van der Waals surface area contributed by atoms with Crippen LogP contribution in [0.1, 0.15) is 51.0 Å². The van der Waals surface area contributed by atoms with Crippen LogP contribution in [0, 0.1) is 0 Å². The Morgan fingerprint density at radius 1 is 1.00 bits per heavy atom. The minimum absolute atomic E-state index is 0.715. The molecule has 1 heterocycles. The fraction of sp³-hybridized carbons (Fsp3) is 0.474.